The summed E-state index contributed by atoms with van der Waals surface area (Å²) in [5.41, 5.74) is 0. The van der Waals surface area contributed by atoms with Crippen molar-refractivity contribution in [2.45, 2.75) is 6.42 Å². The molecular formula is C11H15NO5S. The second kappa shape index (κ2) is 6.97. The van der Waals surface area contributed by atoms with Crippen LogP contribution < -0.4 is 9.46 Å². The van der Waals surface area contributed by atoms with E-state index in [9.17, 15) is 13.2 Å². The van der Waals surface area contributed by atoms with Crippen molar-refractivity contribution >= 4 is 16.0 Å². The van der Waals surface area contributed by atoms with Crippen molar-refractivity contribution in [3.05, 3.63) is 30.3 Å². The number of carboxylic acids is 1. The van der Waals surface area contributed by atoms with Gasteiger partial charge < -0.3 is 9.84 Å². The third kappa shape index (κ3) is 6.21. The smallest absolute Gasteiger partial charge is 0.304 e. The summed E-state index contributed by atoms with van der Waals surface area (Å²) >= 11 is 0. The van der Waals surface area contributed by atoms with Gasteiger partial charge in [-0.25, -0.2) is 13.1 Å². The van der Waals surface area contributed by atoms with Crippen molar-refractivity contribution in [3.63, 3.8) is 0 Å². The highest BCUT2D eigenvalue weighted by Crippen LogP contribution is 2.07. The van der Waals surface area contributed by atoms with E-state index in [1.807, 2.05) is 18.2 Å². The molecular weight excluding hydrogens is 258 g/mol. The number of ether oxygens (including phenoxy) is 1. The predicted octanol–water partition coefficient (Wildman–Crippen LogP) is 0.459. The summed E-state index contributed by atoms with van der Waals surface area (Å²) in [6, 6.07) is 9.00. The Morgan fingerprint density at radius 2 is 1.94 bits per heavy atom. The molecule has 6 nitrogen and oxygen atoms in total. The summed E-state index contributed by atoms with van der Waals surface area (Å²) in [6.07, 6.45) is -0.408. The molecule has 0 spiro atoms. The van der Waals surface area contributed by atoms with Crippen molar-refractivity contribution in [2.75, 3.05) is 18.9 Å². The molecule has 0 bridgehead atoms. The van der Waals surface area contributed by atoms with Gasteiger partial charge in [0.2, 0.25) is 10.0 Å². The van der Waals surface area contributed by atoms with Crippen molar-refractivity contribution in [1.82, 2.24) is 4.72 Å². The number of aliphatic carboxylic acids is 1. The van der Waals surface area contributed by atoms with E-state index in [1.165, 1.54) is 0 Å². The van der Waals surface area contributed by atoms with E-state index in [0.29, 0.717) is 5.75 Å². The van der Waals surface area contributed by atoms with Gasteiger partial charge in [0.15, 0.2) is 0 Å². The Balaban J connectivity index is 2.23. The number of carbonyl (C=O) groups is 1. The van der Waals surface area contributed by atoms with Gasteiger partial charge in [-0.15, -0.1) is 0 Å². The fourth-order valence-corrected chi connectivity index (χ4v) is 2.16. The van der Waals surface area contributed by atoms with Gasteiger partial charge >= 0.3 is 5.97 Å². The summed E-state index contributed by atoms with van der Waals surface area (Å²) in [5.74, 6) is -0.906. The van der Waals surface area contributed by atoms with Crippen LogP contribution in [0.25, 0.3) is 0 Å². The van der Waals surface area contributed by atoms with Crippen LogP contribution in [0, 0.1) is 0 Å². The molecule has 0 aliphatic heterocycles. The molecule has 100 valence electrons. The number of rotatable bonds is 8. The highest BCUT2D eigenvalue weighted by molar-refractivity contribution is 7.89. The molecule has 0 amide bonds. The Morgan fingerprint density at radius 1 is 1.28 bits per heavy atom. The minimum absolute atomic E-state index is 0.108. The molecule has 0 aliphatic rings. The van der Waals surface area contributed by atoms with Crippen molar-refractivity contribution in [2.24, 2.45) is 0 Å². The predicted molar refractivity (Wildman–Crippen MR) is 66.0 cm³/mol. The molecule has 0 radical (unpaired) electrons. The zero-order valence-corrected chi connectivity index (χ0v) is 10.5. The van der Waals surface area contributed by atoms with E-state index in [0.717, 1.165) is 0 Å². The third-order valence-corrected chi connectivity index (χ3v) is 3.41. The molecule has 1 aromatic rings. The van der Waals surface area contributed by atoms with Crippen molar-refractivity contribution < 1.29 is 23.1 Å². The van der Waals surface area contributed by atoms with E-state index >= 15 is 0 Å². The summed E-state index contributed by atoms with van der Waals surface area (Å²) in [6.45, 7) is 0.299. The molecule has 0 atom stereocenters. The van der Waals surface area contributed by atoms with Gasteiger partial charge in [-0.05, 0) is 12.1 Å². The molecule has 0 heterocycles. The van der Waals surface area contributed by atoms with Gasteiger partial charge in [0.25, 0.3) is 0 Å². The van der Waals surface area contributed by atoms with E-state index < -0.39 is 28.2 Å². The molecule has 0 aromatic heterocycles. The summed E-state index contributed by atoms with van der Waals surface area (Å²) < 4.78 is 30.2. The average molecular weight is 273 g/mol. The molecule has 1 aromatic carbocycles. The highest BCUT2D eigenvalue weighted by Gasteiger charge is 2.11. The van der Waals surface area contributed by atoms with Crippen LogP contribution >= 0.6 is 0 Å². The lowest BCUT2D eigenvalue weighted by molar-refractivity contribution is -0.136. The van der Waals surface area contributed by atoms with Gasteiger partial charge in [0, 0.05) is 6.54 Å². The first-order valence-corrected chi connectivity index (χ1v) is 7.02. The summed E-state index contributed by atoms with van der Waals surface area (Å²) in [7, 11) is -3.54. The summed E-state index contributed by atoms with van der Waals surface area (Å²) in [5, 5.41) is 8.38. The van der Waals surface area contributed by atoms with Gasteiger partial charge in [-0.3, -0.25) is 4.79 Å². The second-order valence-corrected chi connectivity index (χ2v) is 5.44. The Kier molecular flexibility index (Phi) is 5.60. The standard InChI is InChI=1S/C11H15NO5S/c13-11(14)6-9-18(15,16)12-7-8-17-10-4-2-1-3-5-10/h1-5,12H,6-9H2,(H,13,14). The summed E-state index contributed by atoms with van der Waals surface area (Å²) in [4.78, 5) is 10.2. The molecule has 2 N–H and O–H groups in total. The number of para-hydroxylation sites is 1. The molecule has 7 heteroatoms. The first kappa shape index (κ1) is 14.5. The molecule has 18 heavy (non-hydrogen) atoms. The van der Waals surface area contributed by atoms with Crippen LogP contribution in [-0.2, 0) is 14.8 Å². The molecule has 1 rings (SSSR count). The first-order chi connectivity index (χ1) is 8.49. The van der Waals surface area contributed by atoms with Crippen LogP contribution in [-0.4, -0.2) is 38.4 Å². The van der Waals surface area contributed by atoms with Crippen LogP contribution in [0.2, 0.25) is 0 Å². The van der Waals surface area contributed by atoms with Gasteiger partial charge in [0.05, 0.1) is 12.2 Å². The maximum absolute atomic E-state index is 11.3. The van der Waals surface area contributed by atoms with Crippen molar-refractivity contribution in [1.29, 1.82) is 0 Å². The van der Waals surface area contributed by atoms with Crippen LogP contribution in [0.15, 0.2) is 30.3 Å². The monoisotopic (exact) mass is 273 g/mol. The number of carboxylic acid groups (broad SMARTS) is 1. The highest BCUT2D eigenvalue weighted by atomic mass is 32.2. The van der Waals surface area contributed by atoms with Gasteiger partial charge in [-0.2, -0.15) is 0 Å². The Morgan fingerprint density at radius 3 is 2.56 bits per heavy atom. The van der Waals surface area contributed by atoms with Crippen LogP contribution in [0.1, 0.15) is 6.42 Å². The largest absolute Gasteiger partial charge is 0.492 e. The van der Waals surface area contributed by atoms with E-state index in [-0.39, 0.29) is 13.2 Å². The molecule has 0 unspecified atom stereocenters. The Hall–Kier alpha value is -1.60. The maximum atomic E-state index is 11.3. The minimum Gasteiger partial charge on any atom is -0.492 e. The molecule has 0 saturated heterocycles. The average Bonchev–Trinajstić information content (AvgIpc) is 2.34. The van der Waals surface area contributed by atoms with E-state index in [1.54, 1.807) is 12.1 Å². The SMILES string of the molecule is O=C(O)CCS(=O)(=O)NCCOc1ccccc1. The molecule has 0 saturated carbocycles. The molecule has 0 aliphatic carbocycles. The van der Waals surface area contributed by atoms with Crippen LogP contribution in [0.3, 0.4) is 0 Å². The normalized spacial score (nSPS) is 11.1. The number of hydrogen-bond donors (Lipinski definition) is 2. The number of sulfonamides is 1. The van der Waals surface area contributed by atoms with Gasteiger partial charge in [-0.1, -0.05) is 18.2 Å². The lowest BCUT2D eigenvalue weighted by Crippen LogP contribution is -2.31. The lowest BCUT2D eigenvalue weighted by Gasteiger charge is -2.07. The van der Waals surface area contributed by atoms with Crippen molar-refractivity contribution in [3.8, 4) is 5.75 Å². The maximum Gasteiger partial charge on any atom is 0.304 e. The number of benzene rings is 1. The topological polar surface area (TPSA) is 92.7 Å². The van der Waals surface area contributed by atoms with Crippen LogP contribution in [0.5, 0.6) is 5.75 Å². The Labute approximate surface area is 106 Å². The third-order valence-electron chi connectivity index (χ3n) is 2.02. The van der Waals surface area contributed by atoms with Crippen LogP contribution in [0.4, 0.5) is 0 Å². The first-order valence-electron chi connectivity index (χ1n) is 5.36. The zero-order valence-electron chi connectivity index (χ0n) is 9.70. The Bertz CT molecular complexity index is 471. The molecule has 0 fully saturated rings. The second-order valence-electron chi connectivity index (χ2n) is 3.52. The lowest BCUT2D eigenvalue weighted by atomic mass is 10.3. The zero-order chi connectivity index (χ0) is 13.4. The van der Waals surface area contributed by atoms with Gasteiger partial charge in [0.1, 0.15) is 12.4 Å². The fraction of sp³-hybridized carbons (Fsp3) is 0.364. The quantitative estimate of drug-likeness (QED) is 0.671. The van der Waals surface area contributed by atoms with E-state index in [2.05, 4.69) is 4.72 Å². The number of hydrogen-bond acceptors (Lipinski definition) is 4. The fourth-order valence-electron chi connectivity index (χ4n) is 1.18. The van der Waals surface area contributed by atoms with E-state index in [4.69, 9.17) is 9.84 Å². The minimum atomic E-state index is -3.54. The number of nitrogens with one attached hydrogen (secondary N) is 1.